The van der Waals surface area contributed by atoms with Crippen molar-refractivity contribution in [3.05, 3.63) is 24.0 Å². The molecule has 0 spiro atoms. The third-order valence-electron chi connectivity index (χ3n) is 2.17. The Hall–Kier alpha value is -2.11. The Morgan fingerprint density at radius 3 is 2.81 bits per heavy atom. The molecule has 1 aromatic rings. The van der Waals surface area contributed by atoms with Crippen LogP contribution in [0.1, 0.15) is 23.3 Å². The van der Waals surface area contributed by atoms with Crippen LogP contribution in [0.25, 0.3) is 0 Å². The van der Waals surface area contributed by atoms with E-state index in [1.165, 1.54) is 12.3 Å². The van der Waals surface area contributed by atoms with E-state index in [4.69, 9.17) is 5.11 Å². The molecular weight excluding hydrogens is 210 g/mol. The van der Waals surface area contributed by atoms with Gasteiger partial charge in [-0.25, -0.2) is 14.6 Å². The summed E-state index contributed by atoms with van der Waals surface area (Å²) in [5, 5.41) is 14.0. The number of pyridine rings is 1. The van der Waals surface area contributed by atoms with Gasteiger partial charge in [0, 0.05) is 12.2 Å². The summed E-state index contributed by atoms with van der Waals surface area (Å²) >= 11 is 0. The summed E-state index contributed by atoms with van der Waals surface area (Å²) in [6.07, 6.45) is 3.33. The number of rotatable bonds is 3. The number of carbonyl (C=O) groups is 2. The zero-order chi connectivity index (χ0) is 11.5. The molecule has 1 aromatic heterocycles. The van der Waals surface area contributed by atoms with Gasteiger partial charge in [0.05, 0.1) is 5.69 Å². The highest BCUT2D eigenvalue weighted by atomic mass is 16.4. The van der Waals surface area contributed by atoms with Gasteiger partial charge in [-0.2, -0.15) is 0 Å². The van der Waals surface area contributed by atoms with Crippen molar-refractivity contribution < 1.29 is 14.7 Å². The molecule has 6 nitrogen and oxygen atoms in total. The fourth-order valence-corrected chi connectivity index (χ4v) is 1.25. The summed E-state index contributed by atoms with van der Waals surface area (Å²) in [6.45, 7) is 0. The van der Waals surface area contributed by atoms with Crippen LogP contribution >= 0.6 is 0 Å². The molecule has 16 heavy (non-hydrogen) atoms. The number of amides is 2. The molecule has 1 fully saturated rings. The molecular formula is C10H11N3O3. The van der Waals surface area contributed by atoms with Gasteiger partial charge in [-0.3, -0.25) is 0 Å². The third kappa shape index (κ3) is 2.47. The number of urea groups is 1. The predicted molar refractivity (Wildman–Crippen MR) is 56.4 cm³/mol. The number of anilines is 1. The van der Waals surface area contributed by atoms with Crippen molar-refractivity contribution in [2.75, 3.05) is 5.32 Å². The second-order valence-corrected chi connectivity index (χ2v) is 3.58. The van der Waals surface area contributed by atoms with Gasteiger partial charge in [0.25, 0.3) is 0 Å². The molecule has 0 unspecified atom stereocenters. The molecule has 0 aromatic carbocycles. The molecule has 1 aliphatic carbocycles. The predicted octanol–water partition coefficient (Wildman–Crippen LogP) is 1.06. The summed E-state index contributed by atoms with van der Waals surface area (Å²) < 4.78 is 0. The highest BCUT2D eigenvalue weighted by Gasteiger charge is 2.23. The summed E-state index contributed by atoms with van der Waals surface area (Å²) in [6, 6.07) is 2.91. The normalized spacial score (nSPS) is 14.2. The number of carbonyl (C=O) groups excluding carboxylic acids is 1. The van der Waals surface area contributed by atoms with E-state index in [2.05, 4.69) is 15.6 Å². The lowest BCUT2D eigenvalue weighted by molar-refractivity contribution is 0.0692. The minimum atomic E-state index is -1.16. The van der Waals surface area contributed by atoms with E-state index >= 15 is 0 Å². The van der Waals surface area contributed by atoms with E-state index in [1.807, 2.05) is 0 Å². The Bertz CT molecular complexity index is 429. The van der Waals surface area contributed by atoms with Crippen LogP contribution in [0.15, 0.2) is 18.3 Å². The summed E-state index contributed by atoms with van der Waals surface area (Å²) in [5.74, 6) is -1.16. The van der Waals surface area contributed by atoms with E-state index in [-0.39, 0.29) is 17.4 Å². The topological polar surface area (TPSA) is 91.3 Å². The number of aromatic nitrogens is 1. The van der Waals surface area contributed by atoms with E-state index in [0.29, 0.717) is 0 Å². The molecule has 2 amide bonds. The highest BCUT2D eigenvalue weighted by molar-refractivity contribution is 5.98. The molecule has 0 saturated heterocycles. The lowest BCUT2D eigenvalue weighted by Gasteiger charge is -2.07. The van der Waals surface area contributed by atoms with Crippen molar-refractivity contribution in [1.29, 1.82) is 0 Å². The van der Waals surface area contributed by atoms with Crippen molar-refractivity contribution in [1.82, 2.24) is 10.3 Å². The molecule has 2 rings (SSSR count). The van der Waals surface area contributed by atoms with Crippen LogP contribution in [0.3, 0.4) is 0 Å². The molecule has 1 heterocycles. The molecule has 3 N–H and O–H groups in total. The van der Waals surface area contributed by atoms with Crippen molar-refractivity contribution >= 4 is 17.7 Å². The Morgan fingerprint density at radius 2 is 2.19 bits per heavy atom. The molecule has 1 aliphatic rings. The van der Waals surface area contributed by atoms with Crippen LogP contribution in [-0.2, 0) is 0 Å². The monoisotopic (exact) mass is 221 g/mol. The van der Waals surface area contributed by atoms with Crippen molar-refractivity contribution in [2.45, 2.75) is 18.9 Å². The summed E-state index contributed by atoms with van der Waals surface area (Å²) in [4.78, 5) is 25.9. The van der Waals surface area contributed by atoms with Crippen LogP contribution in [-0.4, -0.2) is 28.1 Å². The Labute approximate surface area is 91.7 Å². The van der Waals surface area contributed by atoms with Gasteiger partial charge in [0.1, 0.15) is 0 Å². The number of nitrogens with zero attached hydrogens (tertiary/aromatic N) is 1. The summed E-state index contributed by atoms with van der Waals surface area (Å²) in [5.41, 5.74) is 0.0431. The van der Waals surface area contributed by atoms with Gasteiger partial charge in [-0.15, -0.1) is 0 Å². The lowest BCUT2D eigenvalue weighted by atomic mass is 10.3. The number of hydrogen-bond acceptors (Lipinski definition) is 3. The van der Waals surface area contributed by atoms with Crippen LogP contribution in [0.2, 0.25) is 0 Å². The fraction of sp³-hybridized carbons (Fsp3) is 0.300. The standard InChI is InChI=1S/C10H11N3O3/c14-9(15)8-7(2-1-5-11-8)13-10(16)12-6-3-4-6/h1-2,5-6H,3-4H2,(H,14,15)(H2,12,13,16). The molecule has 0 radical (unpaired) electrons. The summed E-state index contributed by atoms with van der Waals surface area (Å²) in [7, 11) is 0. The van der Waals surface area contributed by atoms with Crippen LogP contribution in [0.5, 0.6) is 0 Å². The number of hydrogen-bond donors (Lipinski definition) is 3. The molecule has 6 heteroatoms. The first-order valence-electron chi connectivity index (χ1n) is 4.92. The minimum absolute atomic E-state index is 0.159. The van der Waals surface area contributed by atoms with Gasteiger partial charge in [0.2, 0.25) is 0 Å². The smallest absolute Gasteiger partial charge is 0.356 e. The number of nitrogens with one attached hydrogen (secondary N) is 2. The fourth-order valence-electron chi connectivity index (χ4n) is 1.25. The second kappa shape index (κ2) is 4.18. The van der Waals surface area contributed by atoms with E-state index in [1.54, 1.807) is 6.07 Å². The first-order chi connectivity index (χ1) is 7.66. The lowest BCUT2D eigenvalue weighted by Crippen LogP contribution is -2.31. The van der Waals surface area contributed by atoms with Crippen molar-refractivity contribution in [3.8, 4) is 0 Å². The average molecular weight is 221 g/mol. The van der Waals surface area contributed by atoms with Crippen molar-refractivity contribution in [2.24, 2.45) is 0 Å². The third-order valence-corrected chi connectivity index (χ3v) is 2.17. The maximum Gasteiger partial charge on any atom is 0.356 e. The number of carboxylic acid groups (broad SMARTS) is 1. The van der Waals surface area contributed by atoms with Gasteiger partial charge in [-0.05, 0) is 25.0 Å². The number of aromatic carboxylic acids is 1. The zero-order valence-electron chi connectivity index (χ0n) is 8.43. The largest absolute Gasteiger partial charge is 0.476 e. The molecule has 84 valence electrons. The maximum atomic E-state index is 11.4. The SMILES string of the molecule is O=C(Nc1cccnc1C(=O)O)NC1CC1. The van der Waals surface area contributed by atoms with Crippen molar-refractivity contribution in [3.63, 3.8) is 0 Å². The molecule has 0 atom stereocenters. The van der Waals surface area contributed by atoms with Gasteiger partial charge in [-0.1, -0.05) is 0 Å². The van der Waals surface area contributed by atoms with E-state index in [0.717, 1.165) is 12.8 Å². The van der Waals surface area contributed by atoms with Gasteiger partial charge in [0.15, 0.2) is 5.69 Å². The van der Waals surface area contributed by atoms with Crippen LogP contribution in [0, 0.1) is 0 Å². The van der Waals surface area contributed by atoms with E-state index in [9.17, 15) is 9.59 Å². The zero-order valence-corrected chi connectivity index (χ0v) is 8.43. The van der Waals surface area contributed by atoms with Crippen LogP contribution < -0.4 is 10.6 Å². The number of carboxylic acids is 1. The maximum absolute atomic E-state index is 11.4. The first kappa shape index (κ1) is 10.4. The Kier molecular flexibility index (Phi) is 2.72. The van der Waals surface area contributed by atoms with Crippen LogP contribution in [0.4, 0.5) is 10.5 Å². The molecule has 0 aliphatic heterocycles. The minimum Gasteiger partial charge on any atom is -0.476 e. The Morgan fingerprint density at radius 1 is 1.44 bits per heavy atom. The second-order valence-electron chi connectivity index (χ2n) is 3.58. The van der Waals surface area contributed by atoms with Gasteiger partial charge >= 0.3 is 12.0 Å². The average Bonchev–Trinajstić information content (AvgIpc) is 3.02. The molecule has 1 saturated carbocycles. The first-order valence-corrected chi connectivity index (χ1v) is 4.92. The van der Waals surface area contributed by atoms with E-state index < -0.39 is 12.0 Å². The Balaban J connectivity index is 2.07. The highest BCUT2D eigenvalue weighted by Crippen LogP contribution is 2.19. The van der Waals surface area contributed by atoms with Gasteiger partial charge < -0.3 is 15.7 Å². The molecule has 0 bridgehead atoms. The quantitative estimate of drug-likeness (QED) is 0.711.